The lowest BCUT2D eigenvalue weighted by Crippen LogP contribution is -2.52. The number of hydrogen-bond donors (Lipinski definition) is 3. The molecule has 0 bridgehead atoms. The summed E-state index contributed by atoms with van der Waals surface area (Å²) in [6.45, 7) is 7.70. The summed E-state index contributed by atoms with van der Waals surface area (Å²) >= 11 is 1.11. The van der Waals surface area contributed by atoms with Gasteiger partial charge in [-0.25, -0.2) is 14.4 Å². The van der Waals surface area contributed by atoms with Crippen LogP contribution in [0.2, 0.25) is 0 Å². The zero-order valence-corrected chi connectivity index (χ0v) is 22.8. The van der Waals surface area contributed by atoms with Crippen LogP contribution in [0.15, 0.2) is 35.6 Å². The maximum atomic E-state index is 15.1. The first-order valence-corrected chi connectivity index (χ1v) is 12.8. The standard InChI is InChI=1S/C25H30F4N6O3S/c1-13(2)14(3)33-21(37)24(5)11-23(4,35-22(30)39-24)16-8-15(6-7-17(16)26)34-20(36)18-9-32-19(10-31-18)38-12-25(27,28)29/h6-10,13-14H,11-12H2,1-5H3,(H2,30,35)(H,33,37)(H,34,36)/t14-,23+,24-/m1/s1. The fraction of sp³-hybridized carbons (Fsp3) is 0.480. The number of aliphatic imine (C=N–C) groups is 1. The maximum Gasteiger partial charge on any atom is 0.422 e. The third-order valence-electron chi connectivity index (χ3n) is 6.26. The molecule has 2 amide bonds. The van der Waals surface area contributed by atoms with Crippen LogP contribution in [-0.2, 0) is 10.3 Å². The highest BCUT2D eigenvalue weighted by Crippen LogP contribution is 2.46. The summed E-state index contributed by atoms with van der Waals surface area (Å²) < 4.78 is 55.4. The van der Waals surface area contributed by atoms with Crippen molar-refractivity contribution in [1.82, 2.24) is 15.3 Å². The summed E-state index contributed by atoms with van der Waals surface area (Å²) in [5.74, 6) is -1.79. The van der Waals surface area contributed by atoms with E-state index in [0.717, 1.165) is 30.2 Å². The van der Waals surface area contributed by atoms with Crippen LogP contribution in [0.25, 0.3) is 0 Å². The molecule has 0 fully saturated rings. The molecule has 3 atom stereocenters. The number of carbonyl (C=O) groups excluding carboxylic acids is 2. The van der Waals surface area contributed by atoms with Crippen molar-refractivity contribution >= 4 is 34.4 Å². The van der Waals surface area contributed by atoms with Crippen molar-refractivity contribution < 1.29 is 31.9 Å². The second-order valence-electron chi connectivity index (χ2n) is 10.0. The van der Waals surface area contributed by atoms with Crippen molar-refractivity contribution in [2.75, 3.05) is 11.9 Å². The molecule has 4 N–H and O–H groups in total. The van der Waals surface area contributed by atoms with Crippen molar-refractivity contribution in [3.63, 3.8) is 0 Å². The third-order valence-corrected chi connectivity index (χ3v) is 7.34. The molecule has 1 aromatic heterocycles. The molecule has 9 nitrogen and oxygen atoms in total. The van der Waals surface area contributed by atoms with Crippen molar-refractivity contribution in [3.05, 3.63) is 47.7 Å². The molecule has 1 aliphatic rings. The molecule has 39 heavy (non-hydrogen) atoms. The number of nitrogens with one attached hydrogen (secondary N) is 2. The smallest absolute Gasteiger partial charge is 0.422 e. The van der Waals surface area contributed by atoms with Crippen LogP contribution in [0, 0.1) is 11.7 Å². The number of halogens is 4. The Bertz CT molecular complexity index is 1260. The van der Waals surface area contributed by atoms with Crippen LogP contribution in [0.5, 0.6) is 5.88 Å². The van der Waals surface area contributed by atoms with Crippen molar-refractivity contribution in [1.29, 1.82) is 0 Å². The van der Waals surface area contributed by atoms with Gasteiger partial charge in [0.1, 0.15) is 16.3 Å². The van der Waals surface area contributed by atoms with Gasteiger partial charge >= 0.3 is 6.18 Å². The van der Waals surface area contributed by atoms with E-state index in [9.17, 15) is 22.8 Å². The van der Waals surface area contributed by atoms with E-state index in [4.69, 9.17) is 5.73 Å². The number of nitrogens with two attached hydrogens (primary N) is 1. The number of alkyl halides is 3. The summed E-state index contributed by atoms with van der Waals surface area (Å²) in [5.41, 5.74) is 4.98. The number of carbonyl (C=O) groups is 2. The van der Waals surface area contributed by atoms with Crippen LogP contribution in [0.4, 0.5) is 23.2 Å². The molecule has 1 aliphatic heterocycles. The van der Waals surface area contributed by atoms with Crippen molar-refractivity contribution in [2.24, 2.45) is 16.6 Å². The number of benzene rings is 1. The zero-order valence-electron chi connectivity index (χ0n) is 22.0. The molecule has 0 saturated carbocycles. The first-order chi connectivity index (χ1) is 18.0. The largest absolute Gasteiger partial charge is 0.467 e. The monoisotopic (exact) mass is 570 g/mol. The van der Waals surface area contributed by atoms with Crippen molar-refractivity contribution in [2.45, 2.75) is 63.5 Å². The van der Waals surface area contributed by atoms with Gasteiger partial charge in [-0.3, -0.25) is 14.6 Å². The molecule has 212 valence electrons. The van der Waals surface area contributed by atoms with E-state index >= 15 is 4.39 Å². The predicted octanol–water partition coefficient (Wildman–Crippen LogP) is 4.40. The summed E-state index contributed by atoms with van der Waals surface area (Å²) in [4.78, 5) is 37.8. The highest BCUT2D eigenvalue weighted by atomic mass is 32.2. The van der Waals surface area contributed by atoms with E-state index < -0.39 is 40.7 Å². The Kier molecular flexibility index (Phi) is 8.78. The maximum absolute atomic E-state index is 15.1. The van der Waals surface area contributed by atoms with E-state index in [1.165, 1.54) is 12.1 Å². The summed E-state index contributed by atoms with van der Waals surface area (Å²) in [6.07, 6.45) is -2.57. The SMILES string of the molecule is CC(C)[C@@H](C)NC(=O)[C@@]1(C)C[C@@](C)(c2cc(NC(=O)c3cnc(OCC(F)(F)F)cn3)ccc2F)N=C(N)S1. The van der Waals surface area contributed by atoms with Crippen LogP contribution in [0.3, 0.4) is 0 Å². The Morgan fingerprint density at radius 2 is 1.87 bits per heavy atom. The zero-order chi connectivity index (χ0) is 29.2. The Morgan fingerprint density at radius 1 is 1.18 bits per heavy atom. The Morgan fingerprint density at radius 3 is 2.46 bits per heavy atom. The fourth-order valence-electron chi connectivity index (χ4n) is 3.91. The molecule has 0 aliphatic carbocycles. The summed E-state index contributed by atoms with van der Waals surface area (Å²) in [5, 5.41) is 5.67. The first kappa shape index (κ1) is 30.1. The molecular formula is C25H30F4N6O3S. The highest BCUT2D eigenvalue weighted by Gasteiger charge is 2.48. The summed E-state index contributed by atoms with van der Waals surface area (Å²) in [6, 6.07) is 3.78. The van der Waals surface area contributed by atoms with Gasteiger partial charge in [-0.2, -0.15) is 13.2 Å². The van der Waals surface area contributed by atoms with Gasteiger partial charge in [0, 0.05) is 23.7 Å². The Hall–Kier alpha value is -3.42. The number of amides is 2. The number of thioether (sulfide) groups is 1. The van der Waals surface area contributed by atoms with Gasteiger partial charge < -0.3 is 21.1 Å². The lowest BCUT2D eigenvalue weighted by Gasteiger charge is -2.41. The topological polar surface area (TPSA) is 132 Å². The lowest BCUT2D eigenvalue weighted by atomic mass is 9.82. The van der Waals surface area contributed by atoms with Gasteiger partial charge in [-0.05, 0) is 44.9 Å². The number of amidine groups is 1. The molecule has 2 aromatic rings. The van der Waals surface area contributed by atoms with E-state index in [-0.39, 0.29) is 46.4 Å². The normalized spacial score (nSPS) is 22.2. The van der Waals surface area contributed by atoms with E-state index in [1.54, 1.807) is 13.8 Å². The van der Waals surface area contributed by atoms with Crippen molar-refractivity contribution in [3.8, 4) is 5.88 Å². The first-order valence-electron chi connectivity index (χ1n) is 12.0. The number of anilines is 1. The average Bonchev–Trinajstić information content (AvgIpc) is 2.82. The Labute approximate surface area is 227 Å². The minimum Gasteiger partial charge on any atom is -0.467 e. The number of hydrogen-bond acceptors (Lipinski definition) is 8. The number of nitrogens with zero attached hydrogens (tertiary/aromatic N) is 3. The van der Waals surface area contributed by atoms with Gasteiger partial charge in [0.05, 0.1) is 17.9 Å². The van der Waals surface area contributed by atoms with Crippen LogP contribution < -0.4 is 21.1 Å². The molecule has 2 heterocycles. The molecule has 3 rings (SSSR count). The minimum atomic E-state index is -4.55. The van der Waals surface area contributed by atoms with Gasteiger partial charge in [-0.1, -0.05) is 25.6 Å². The molecule has 0 unspecified atom stereocenters. The number of aromatic nitrogens is 2. The second kappa shape index (κ2) is 11.4. The summed E-state index contributed by atoms with van der Waals surface area (Å²) in [7, 11) is 0. The molecule has 0 radical (unpaired) electrons. The number of ether oxygens (including phenoxy) is 1. The van der Waals surface area contributed by atoms with E-state index in [0.29, 0.717) is 0 Å². The second-order valence-corrected chi connectivity index (χ2v) is 11.6. The van der Waals surface area contributed by atoms with Gasteiger partial charge in [0.25, 0.3) is 5.91 Å². The highest BCUT2D eigenvalue weighted by molar-refractivity contribution is 8.15. The van der Waals surface area contributed by atoms with E-state index in [2.05, 4.69) is 30.3 Å². The van der Waals surface area contributed by atoms with Gasteiger partial charge in [-0.15, -0.1) is 0 Å². The van der Waals surface area contributed by atoms with Crippen LogP contribution >= 0.6 is 11.8 Å². The fourth-order valence-corrected chi connectivity index (χ4v) is 5.13. The molecule has 0 spiro atoms. The van der Waals surface area contributed by atoms with Gasteiger partial charge in [0.15, 0.2) is 11.8 Å². The quantitative estimate of drug-likeness (QED) is 0.401. The van der Waals surface area contributed by atoms with E-state index in [1.807, 2.05) is 20.8 Å². The minimum absolute atomic E-state index is 0.0927. The molecule has 0 saturated heterocycles. The molecule has 14 heteroatoms. The van der Waals surface area contributed by atoms with Crippen LogP contribution in [-0.4, -0.2) is 50.5 Å². The lowest BCUT2D eigenvalue weighted by molar-refractivity contribution is -0.154. The number of rotatable bonds is 8. The molecule has 1 aromatic carbocycles. The predicted molar refractivity (Wildman–Crippen MR) is 140 cm³/mol. The molecular weight excluding hydrogens is 540 g/mol. The van der Waals surface area contributed by atoms with Gasteiger partial charge in [0.2, 0.25) is 11.8 Å². The Balaban J connectivity index is 1.81. The average molecular weight is 571 g/mol. The third kappa shape index (κ3) is 7.58. The van der Waals surface area contributed by atoms with Crippen LogP contribution in [0.1, 0.15) is 57.1 Å².